The van der Waals surface area contributed by atoms with Gasteiger partial charge in [-0.2, -0.15) is 9.61 Å². The first kappa shape index (κ1) is 17.0. The lowest BCUT2D eigenvalue weighted by atomic mass is 10.0. The summed E-state index contributed by atoms with van der Waals surface area (Å²) in [4.78, 5) is 11.6. The van der Waals surface area contributed by atoms with Gasteiger partial charge >= 0.3 is 0 Å². The fraction of sp³-hybridized carbons (Fsp3) is 0.450. The van der Waals surface area contributed by atoms with Crippen LogP contribution in [0.2, 0.25) is 0 Å². The number of nitrogens with one attached hydrogen (secondary N) is 1. The van der Waals surface area contributed by atoms with Gasteiger partial charge in [0.2, 0.25) is 0 Å². The number of rotatable bonds is 6. The molecule has 0 unspecified atom stereocenters. The lowest BCUT2D eigenvalue weighted by molar-refractivity contribution is 0.209. The molecule has 26 heavy (non-hydrogen) atoms. The van der Waals surface area contributed by atoms with Gasteiger partial charge in [0.15, 0.2) is 5.65 Å². The molecule has 1 N–H and O–H groups in total. The molecule has 3 aromatic rings. The van der Waals surface area contributed by atoms with Gasteiger partial charge in [-0.1, -0.05) is 19.4 Å². The van der Waals surface area contributed by atoms with Crippen molar-refractivity contribution in [2.45, 2.75) is 45.2 Å². The monoisotopic (exact) mass is 350 g/mol. The molecular weight excluding hydrogens is 324 g/mol. The number of pyridine rings is 1. The van der Waals surface area contributed by atoms with Crippen molar-refractivity contribution >= 4 is 11.5 Å². The van der Waals surface area contributed by atoms with Crippen molar-refractivity contribution in [1.29, 1.82) is 0 Å². The number of hydrogen-bond donors (Lipinski definition) is 1. The molecule has 0 amide bonds. The average molecular weight is 350 g/mol. The van der Waals surface area contributed by atoms with E-state index in [0.717, 1.165) is 68.2 Å². The summed E-state index contributed by atoms with van der Waals surface area (Å²) in [7, 11) is 0. The summed E-state index contributed by atoms with van der Waals surface area (Å²) in [5, 5.41) is 8.14. The molecule has 0 aliphatic carbocycles. The number of aromatic nitrogens is 4. The highest BCUT2D eigenvalue weighted by atomic mass is 15.3. The van der Waals surface area contributed by atoms with Gasteiger partial charge in [0, 0.05) is 49.7 Å². The summed E-state index contributed by atoms with van der Waals surface area (Å²) in [5.41, 5.74) is 3.21. The number of piperidine rings is 1. The van der Waals surface area contributed by atoms with Crippen LogP contribution in [-0.2, 0) is 13.0 Å². The van der Waals surface area contributed by atoms with E-state index in [1.54, 1.807) is 0 Å². The molecule has 3 aromatic heterocycles. The maximum absolute atomic E-state index is 4.68. The molecule has 1 fully saturated rings. The van der Waals surface area contributed by atoms with Crippen LogP contribution in [0.5, 0.6) is 0 Å². The first-order valence-corrected chi connectivity index (χ1v) is 9.54. The molecule has 0 spiro atoms. The average Bonchev–Trinajstić information content (AvgIpc) is 3.13. The van der Waals surface area contributed by atoms with E-state index in [1.807, 2.05) is 29.0 Å². The molecule has 1 aliphatic heterocycles. The van der Waals surface area contributed by atoms with Crippen molar-refractivity contribution in [3.8, 4) is 0 Å². The van der Waals surface area contributed by atoms with E-state index < -0.39 is 0 Å². The lowest BCUT2D eigenvalue weighted by Crippen LogP contribution is -2.39. The van der Waals surface area contributed by atoms with Crippen LogP contribution in [0.4, 0.5) is 5.82 Å². The zero-order valence-corrected chi connectivity index (χ0v) is 15.3. The Morgan fingerprint density at radius 2 is 2.00 bits per heavy atom. The molecule has 0 saturated carbocycles. The van der Waals surface area contributed by atoms with Crippen LogP contribution < -0.4 is 5.32 Å². The number of hydrogen-bond acceptors (Lipinski definition) is 5. The molecule has 0 bridgehead atoms. The third kappa shape index (κ3) is 3.85. The van der Waals surface area contributed by atoms with Crippen molar-refractivity contribution in [2.75, 3.05) is 18.4 Å². The Balaban J connectivity index is 1.40. The van der Waals surface area contributed by atoms with E-state index in [9.17, 15) is 0 Å². The van der Waals surface area contributed by atoms with Crippen molar-refractivity contribution in [3.05, 3.63) is 54.1 Å². The summed E-state index contributed by atoms with van der Waals surface area (Å²) in [6.07, 6.45) is 8.04. The Morgan fingerprint density at radius 1 is 1.12 bits per heavy atom. The van der Waals surface area contributed by atoms with Crippen LogP contribution in [0.1, 0.15) is 37.6 Å². The first-order valence-electron chi connectivity index (χ1n) is 9.54. The maximum atomic E-state index is 4.68. The van der Waals surface area contributed by atoms with Gasteiger partial charge in [-0.05, 0) is 31.4 Å². The fourth-order valence-corrected chi connectivity index (χ4v) is 3.62. The number of aryl methyl sites for hydroxylation is 1. The predicted octanol–water partition coefficient (Wildman–Crippen LogP) is 3.15. The molecule has 1 aliphatic rings. The van der Waals surface area contributed by atoms with E-state index in [4.69, 9.17) is 0 Å². The maximum Gasteiger partial charge on any atom is 0.157 e. The minimum absolute atomic E-state index is 0.472. The van der Waals surface area contributed by atoms with E-state index in [2.05, 4.69) is 50.4 Å². The van der Waals surface area contributed by atoms with Crippen molar-refractivity contribution < 1.29 is 0 Å². The zero-order valence-electron chi connectivity index (χ0n) is 15.3. The van der Waals surface area contributed by atoms with Crippen LogP contribution in [0.3, 0.4) is 0 Å². The minimum atomic E-state index is 0.472. The summed E-state index contributed by atoms with van der Waals surface area (Å²) >= 11 is 0. The second-order valence-corrected chi connectivity index (χ2v) is 7.00. The molecule has 4 heterocycles. The Hall–Kier alpha value is -2.47. The van der Waals surface area contributed by atoms with Crippen LogP contribution in [0.15, 0.2) is 42.7 Å². The summed E-state index contributed by atoms with van der Waals surface area (Å²) in [5.74, 6) is 1.06. The van der Waals surface area contributed by atoms with Gasteiger partial charge in [-0.15, -0.1) is 0 Å². The van der Waals surface area contributed by atoms with E-state index >= 15 is 0 Å². The van der Waals surface area contributed by atoms with Gasteiger partial charge in [0.25, 0.3) is 0 Å². The summed E-state index contributed by atoms with van der Waals surface area (Å²) in [6, 6.07) is 10.7. The SMILES string of the molecule is CCCc1cc(NC2CCN(Cc3ccccn3)CC2)n2nccc2n1. The second kappa shape index (κ2) is 7.83. The first-order chi connectivity index (χ1) is 12.8. The van der Waals surface area contributed by atoms with Crippen LogP contribution in [-0.4, -0.2) is 43.6 Å². The summed E-state index contributed by atoms with van der Waals surface area (Å²) < 4.78 is 1.92. The molecule has 4 rings (SSSR count). The minimum Gasteiger partial charge on any atom is -0.367 e. The number of anilines is 1. The normalized spacial score (nSPS) is 16.2. The standard InChI is InChI=1S/C20H26N6/c1-2-5-17-14-20(26-19(24-17)7-11-22-26)23-16-8-12-25(13-9-16)15-18-6-3-4-10-21-18/h3-4,6-7,10-11,14,16,23H,2,5,8-9,12-13,15H2,1H3. The van der Waals surface area contributed by atoms with E-state index in [0.29, 0.717) is 6.04 Å². The quantitative estimate of drug-likeness (QED) is 0.740. The molecule has 0 radical (unpaired) electrons. The predicted molar refractivity (Wildman–Crippen MR) is 103 cm³/mol. The number of likely N-dealkylation sites (tertiary alicyclic amines) is 1. The van der Waals surface area contributed by atoms with Crippen molar-refractivity contribution in [2.24, 2.45) is 0 Å². The van der Waals surface area contributed by atoms with Crippen molar-refractivity contribution in [3.63, 3.8) is 0 Å². The molecule has 0 aromatic carbocycles. The second-order valence-electron chi connectivity index (χ2n) is 7.00. The molecule has 1 saturated heterocycles. The summed E-state index contributed by atoms with van der Waals surface area (Å²) in [6.45, 7) is 5.30. The largest absolute Gasteiger partial charge is 0.367 e. The smallest absolute Gasteiger partial charge is 0.157 e. The van der Waals surface area contributed by atoms with Gasteiger partial charge in [-0.25, -0.2) is 4.98 Å². The zero-order chi connectivity index (χ0) is 17.8. The van der Waals surface area contributed by atoms with Crippen LogP contribution >= 0.6 is 0 Å². The Labute approximate surface area is 154 Å². The third-order valence-corrected chi connectivity index (χ3v) is 4.97. The van der Waals surface area contributed by atoms with Crippen LogP contribution in [0, 0.1) is 0 Å². The Bertz CT molecular complexity index is 836. The molecule has 6 heteroatoms. The highest BCUT2D eigenvalue weighted by molar-refractivity contribution is 5.49. The van der Waals surface area contributed by atoms with E-state index in [1.165, 1.54) is 0 Å². The van der Waals surface area contributed by atoms with Gasteiger partial charge in [-0.3, -0.25) is 9.88 Å². The Kier molecular flexibility index (Phi) is 5.11. The highest BCUT2D eigenvalue weighted by Crippen LogP contribution is 2.20. The number of nitrogens with zero attached hydrogens (tertiary/aromatic N) is 5. The molecule has 136 valence electrons. The van der Waals surface area contributed by atoms with E-state index in [-0.39, 0.29) is 0 Å². The number of fused-ring (bicyclic) bond motifs is 1. The molecule has 6 nitrogen and oxygen atoms in total. The molecular formula is C20H26N6. The van der Waals surface area contributed by atoms with Gasteiger partial charge in [0.1, 0.15) is 5.82 Å². The third-order valence-electron chi connectivity index (χ3n) is 4.97. The molecule has 0 atom stereocenters. The lowest BCUT2D eigenvalue weighted by Gasteiger charge is -2.32. The Morgan fingerprint density at radius 3 is 2.77 bits per heavy atom. The van der Waals surface area contributed by atoms with Crippen molar-refractivity contribution in [1.82, 2.24) is 24.5 Å². The van der Waals surface area contributed by atoms with Gasteiger partial charge < -0.3 is 5.32 Å². The topological polar surface area (TPSA) is 58.4 Å². The highest BCUT2D eigenvalue weighted by Gasteiger charge is 2.20. The fourth-order valence-electron chi connectivity index (χ4n) is 3.62. The van der Waals surface area contributed by atoms with Gasteiger partial charge in [0.05, 0.1) is 11.9 Å². The van der Waals surface area contributed by atoms with Crippen LogP contribution in [0.25, 0.3) is 5.65 Å².